The third-order valence-electron chi connectivity index (χ3n) is 13.2. The summed E-state index contributed by atoms with van der Waals surface area (Å²) in [6.45, 7) is 5.63. The first kappa shape index (κ1) is 65.4. The molecule has 8 atom stereocenters. The summed E-state index contributed by atoms with van der Waals surface area (Å²) in [5.74, 6) is -1.22. The molecule has 0 saturated carbocycles. The van der Waals surface area contributed by atoms with Crippen LogP contribution in [0.2, 0.25) is 0 Å². The normalized spacial score (nSPS) is 20.1. The van der Waals surface area contributed by atoms with Gasteiger partial charge < -0.3 is 45.1 Å². The Morgan fingerprint density at radius 3 is 1.56 bits per heavy atom. The van der Waals surface area contributed by atoms with Gasteiger partial charge in [0, 0.05) is 6.42 Å². The monoisotopic (exact) mass is 988 g/mol. The Hall–Kier alpha value is -2.64. The van der Waals surface area contributed by atoms with E-state index in [2.05, 4.69) is 74.7 Å². The van der Waals surface area contributed by atoms with Crippen LogP contribution >= 0.6 is 0 Å². The largest absolute Gasteiger partial charge is 0.454 e. The Morgan fingerprint density at radius 1 is 0.571 bits per heavy atom. The van der Waals surface area contributed by atoms with Gasteiger partial charge in [0.1, 0.15) is 24.4 Å². The van der Waals surface area contributed by atoms with E-state index in [0.29, 0.717) is 12.8 Å². The first-order chi connectivity index (χ1) is 34.2. The van der Waals surface area contributed by atoms with Crippen LogP contribution in [0.25, 0.3) is 0 Å². The van der Waals surface area contributed by atoms with Crippen molar-refractivity contribution in [2.75, 3.05) is 13.2 Å². The third kappa shape index (κ3) is 35.5. The predicted molar refractivity (Wildman–Crippen MR) is 287 cm³/mol. The number of hydrogen-bond donors (Lipinski definition) is 6. The molecule has 0 aromatic carbocycles. The maximum atomic E-state index is 13.3. The number of nitrogens with one attached hydrogen (secondary N) is 1. The van der Waals surface area contributed by atoms with Crippen LogP contribution in [0.1, 0.15) is 239 Å². The smallest absolute Gasteiger partial charge is 0.306 e. The number of rotatable bonds is 47. The number of carbonyl (C=O) groups excluding carboxylic acids is 2. The molecule has 0 aromatic heterocycles. The van der Waals surface area contributed by atoms with Crippen molar-refractivity contribution in [2.24, 2.45) is 0 Å². The SMILES string of the molecule is CC/C=C/C/C=C/C/C=C/CCCCCC(O)C(=O)NC(COC1OC(CO)C(O)C(O)C1OC(=O)CCCCCCCCC/C=C/CCCCCCCC)C(O)/C=C/CCCCCCCCCCC. The van der Waals surface area contributed by atoms with E-state index in [4.69, 9.17) is 14.2 Å². The summed E-state index contributed by atoms with van der Waals surface area (Å²) in [5.41, 5.74) is 0. The number of aliphatic hydroxyl groups is 5. The molecule has 0 aliphatic carbocycles. The average molecular weight is 988 g/mol. The lowest BCUT2D eigenvalue weighted by atomic mass is 9.99. The average Bonchev–Trinajstić information content (AvgIpc) is 3.36. The van der Waals surface area contributed by atoms with Gasteiger partial charge >= 0.3 is 5.97 Å². The highest BCUT2D eigenvalue weighted by molar-refractivity contribution is 5.80. The topological polar surface area (TPSA) is 175 Å². The van der Waals surface area contributed by atoms with Gasteiger partial charge in [-0.2, -0.15) is 0 Å². The van der Waals surface area contributed by atoms with Gasteiger partial charge in [0.2, 0.25) is 5.91 Å². The quantitative estimate of drug-likeness (QED) is 0.0196. The van der Waals surface area contributed by atoms with E-state index in [1.165, 1.54) is 103 Å². The lowest BCUT2D eigenvalue weighted by molar-refractivity contribution is -0.305. The van der Waals surface area contributed by atoms with Gasteiger partial charge in [0.15, 0.2) is 12.4 Å². The van der Waals surface area contributed by atoms with Crippen LogP contribution in [0, 0.1) is 0 Å². The number of hydrogen-bond acceptors (Lipinski definition) is 10. The van der Waals surface area contributed by atoms with Crippen LogP contribution in [0.15, 0.2) is 60.8 Å². The summed E-state index contributed by atoms with van der Waals surface area (Å²) in [4.78, 5) is 26.4. The molecule has 8 unspecified atom stereocenters. The number of esters is 1. The highest BCUT2D eigenvalue weighted by atomic mass is 16.7. The minimum absolute atomic E-state index is 0.115. The van der Waals surface area contributed by atoms with Gasteiger partial charge in [0.05, 0.1) is 25.4 Å². The number of aliphatic hydroxyl groups excluding tert-OH is 5. The maximum absolute atomic E-state index is 13.3. The number of ether oxygens (including phenoxy) is 3. The summed E-state index contributed by atoms with van der Waals surface area (Å²) in [6, 6.07) is -1.04. The van der Waals surface area contributed by atoms with E-state index in [9.17, 15) is 35.1 Å². The van der Waals surface area contributed by atoms with Crippen molar-refractivity contribution in [3.8, 4) is 0 Å². The zero-order valence-electron chi connectivity index (χ0n) is 44.6. The van der Waals surface area contributed by atoms with Crippen LogP contribution in [0.3, 0.4) is 0 Å². The second-order valence-electron chi connectivity index (χ2n) is 19.6. The molecule has 11 heteroatoms. The molecule has 1 saturated heterocycles. The van der Waals surface area contributed by atoms with Gasteiger partial charge in [-0.05, 0) is 83.5 Å². The van der Waals surface area contributed by atoms with E-state index < -0.39 is 67.4 Å². The molecule has 11 nitrogen and oxygen atoms in total. The van der Waals surface area contributed by atoms with Crippen LogP contribution in [0.4, 0.5) is 0 Å². The highest BCUT2D eigenvalue weighted by Crippen LogP contribution is 2.26. The van der Waals surface area contributed by atoms with E-state index in [1.54, 1.807) is 6.08 Å². The van der Waals surface area contributed by atoms with Gasteiger partial charge in [-0.3, -0.25) is 9.59 Å². The number of unbranched alkanes of at least 4 members (excludes halogenated alkanes) is 25. The Bertz CT molecular complexity index is 1370. The van der Waals surface area contributed by atoms with Crippen molar-refractivity contribution in [1.82, 2.24) is 5.32 Å². The van der Waals surface area contributed by atoms with E-state index in [0.717, 1.165) is 89.9 Å². The zero-order valence-corrected chi connectivity index (χ0v) is 44.6. The third-order valence-corrected chi connectivity index (χ3v) is 13.2. The van der Waals surface area contributed by atoms with E-state index >= 15 is 0 Å². The van der Waals surface area contributed by atoms with Crippen LogP contribution in [0.5, 0.6) is 0 Å². The summed E-state index contributed by atoms with van der Waals surface area (Å²) >= 11 is 0. The zero-order chi connectivity index (χ0) is 51.1. The van der Waals surface area contributed by atoms with Crippen molar-refractivity contribution >= 4 is 11.9 Å². The van der Waals surface area contributed by atoms with Gasteiger partial charge in [-0.25, -0.2) is 0 Å². The predicted octanol–water partition coefficient (Wildman–Crippen LogP) is 12.7. The fourth-order valence-electron chi connectivity index (χ4n) is 8.60. The number of carbonyl (C=O) groups is 2. The first-order valence-electron chi connectivity index (χ1n) is 28.6. The van der Waals surface area contributed by atoms with Gasteiger partial charge in [-0.1, -0.05) is 210 Å². The summed E-state index contributed by atoms with van der Waals surface area (Å²) in [7, 11) is 0. The fourth-order valence-corrected chi connectivity index (χ4v) is 8.60. The highest BCUT2D eigenvalue weighted by Gasteiger charge is 2.47. The standard InChI is InChI=1S/C59H105NO10/c1-4-7-10-13-16-19-22-24-25-26-27-29-32-35-38-41-44-47-54(64)70-57-56(66)55(65)53(48-61)69-59(57)68-49-50(51(62)45-42-39-36-33-30-21-18-15-12-9-6-3)60-58(67)52(63)46-43-40-37-34-31-28-23-20-17-14-11-8-5-2/h8,11,17,20,24-25,28,31,42,45,50-53,55-57,59,61-63,65-66H,4-7,9-10,12-16,18-19,21-23,26-27,29-30,32-41,43-44,46-49H2,1-3H3,(H,60,67)/b11-8+,20-17+,25-24+,31-28+,45-42+. The fraction of sp³-hybridized carbons (Fsp3) is 0.797. The van der Waals surface area contributed by atoms with Crippen molar-refractivity contribution in [2.45, 2.75) is 288 Å². The molecule has 1 fully saturated rings. The molecule has 1 aliphatic rings. The summed E-state index contributed by atoms with van der Waals surface area (Å²) in [6.07, 6.45) is 47.0. The Kier molecular flexibility index (Phi) is 44.2. The number of amides is 1. The molecule has 406 valence electrons. The van der Waals surface area contributed by atoms with Crippen LogP contribution in [-0.2, 0) is 23.8 Å². The Morgan fingerprint density at radius 2 is 1.03 bits per heavy atom. The van der Waals surface area contributed by atoms with Crippen LogP contribution < -0.4 is 5.32 Å². The molecule has 1 aliphatic heterocycles. The number of allylic oxidation sites excluding steroid dienone is 9. The second kappa shape index (κ2) is 47.4. The first-order valence-corrected chi connectivity index (χ1v) is 28.6. The molecule has 1 rings (SSSR count). The molecule has 1 amide bonds. The molecule has 0 aromatic rings. The molecule has 70 heavy (non-hydrogen) atoms. The van der Waals surface area contributed by atoms with Crippen molar-refractivity contribution < 1.29 is 49.3 Å². The minimum atomic E-state index is -1.62. The van der Waals surface area contributed by atoms with Crippen molar-refractivity contribution in [1.29, 1.82) is 0 Å². The molecule has 0 spiro atoms. The Labute approximate surface area is 427 Å². The summed E-state index contributed by atoms with van der Waals surface area (Å²) in [5, 5.41) is 56.7. The molecule has 6 N–H and O–H groups in total. The molecule has 0 bridgehead atoms. The Balaban J connectivity index is 2.73. The molecular weight excluding hydrogens is 883 g/mol. The lowest BCUT2D eigenvalue weighted by Gasteiger charge is -2.41. The van der Waals surface area contributed by atoms with Crippen LogP contribution in [-0.4, -0.2) is 99.6 Å². The maximum Gasteiger partial charge on any atom is 0.306 e. The van der Waals surface area contributed by atoms with E-state index in [-0.39, 0.29) is 19.4 Å². The molecular formula is C59H105NO10. The lowest BCUT2D eigenvalue weighted by Crippen LogP contribution is -2.61. The van der Waals surface area contributed by atoms with Gasteiger partial charge in [0.25, 0.3) is 0 Å². The molecule has 1 heterocycles. The second-order valence-corrected chi connectivity index (χ2v) is 19.6. The minimum Gasteiger partial charge on any atom is -0.454 e. The summed E-state index contributed by atoms with van der Waals surface area (Å²) < 4.78 is 17.5. The van der Waals surface area contributed by atoms with E-state index in [1.807, 2.05) is 6.08 Å². The van der Waals surface area contributed by atoms with Crippen molar-refractivity contribution in [3.05, 3.63) is 60.8 Å². The van der Waals surface area contributed by atoms with Crippen molar-refractivity contribution in [3.63, 3.8) is 0 Å². The van der Waals surface area contributed by atoms with Gasteiger partial charge in [-0.15, -0.1) is 0 Å². The molecule has 0 radical (unpaired) electrons.